The fraction of sp³-hybridized carbons (Fsp3) is 0.296. The minimum atomic E-state index is 0.510. The smallest absolute Gasteiger partial charge is 0.163 e. The summed E-state index contributed by atoms with van der Waals surface area (Å²) in [5, 5.41) is 19.6. The Kier molecular flexibility index (Phi) is 5.58. The summed E-state index contributed by atoms with van der Waals surface area (Å²) in [5.74, 6) is 3.04. The first-order valence-corrected chi connectivity index (χ1v) is 12.1. The van der Waals surface area contributed by atoms with E-state index in [-0.39, 0.29) is 0 Å². The van der Waals surface area contributed by atoms with E-state index in [0.717, 1.165) is 53.8 Å². The van der Waals surface area contributed by atoms with Gasteiger partial charge in [-0.05, 0) is 50.1 Å². The third-order valence-corrected chi connectivity index (χ3v) is 6.91. The van der Waals surface area contributed by atoms with Crippen molar-refractivity contribution >= 4 is 17.5 Å². The molecule has 9 nitrogen and oxygen atoms in total. The predicted octanol–water partition coefficient (Wildman–Crippen LogP) is 3.96. The molecule has 1 aromatic carbocycles. The molecule has 2 N–H and O–H groups in total. The first-order valence-electron chi connectivity index (χ1n) is 12.1. The van der Waals surface area contributed by atoms with Gasteiger partial charge in [0.15, 0.2) is 11.6 Å². The van der Waals surface area contributed by atoms with Gasteiger partial charge in [0.1, 0.15) is 11.6 Å². The lowest BCUT2D eigenvalue weighted by molar-refractivity contribution is -0.00868. The molecule has 3 fully saturated rings. The van der Waals surface area contributed by atoms with Gasteiger partial charge < -0.3 is 10.2 Å². The van der Waals surface area contributed by atoms with Crippen LogP contribution in [-0.2, 0) is 6.54 Å². The number of aromatic amines is 1. The second-order valence-electron chi connectivity index (χ2n) is 9.62. The number of nitrogens with one attached hydrogen (secondary N) is 2. The fourth-order valence-corrected chi connectivity index (χ4v) is 5.16. The summed E-state index contributed by atoms with van der Waals surface area (Å²) in [6.45, 7) is 6.72. The molecular weight excluding hydrogens is 450 g/mol. The van der Waals surface area contributed by atoms with Crippen molar-refractivity contribution in [3.63, 3.8) is 0 Å². The number of H-pyrrole nitrogens is 1. The maximum atomic E-state index is 9.18. The number of anilines is 3. The van der Waals surface area contributed by atoms with Crippen LogP contribution in [0.5, 0.6) is 0 Å². The van der Waals surface area contributed by atoms with E-state index in [1.165, 1.54) is 12.0 Å². The quantitative estimate of drug-likeness (QED) is 0.430. The monoisotopic (exact) mass is 477 g/mol. The summed E-state index contributed by atoms with van der Waals surface area (Å²) in [6, 6.07) is 19.1. The number of benzene rings is 1. The van der Waals surface area contributed by atoms with E-state index < -0.39 is 0 Å². The molecule has 0 saturated carbocycles. The van der Waals surface area contributed by atoms with Crippen LogP contribution in [-0.4, -0.2) is 55.2 Å². The van der Waals surface area contributed by atoms with Gasteiger partial charge in [-0.25, -0.2) is 15.0 Å². The second-order valence-corrected chi connectivity index (χ2v) is 9.62. The molecule has 3 aliphatic heterocycles. The van der Waals surface area contributed by atoms with Gasteiger partial charge in [0.05, 0.1) is 11.6 Å². The molecule has 2 bridgehead atoms. The van der Waals surface area contributed by atoms with Crippen molar-refractivity contribution in [2.75, 3.05) is 23.3 Å². The summed E-state index contributed by atoms with van der Waals surface area (Å²) in [5.41, 5.74) is 4.66. The van der Waals surface area contributed by atoms with Crippen LogP contribution in [0.4, 0.5) is 17.5 Å². The number of nitriles is 1. The highest BCUT2D eigenvalue weighted by atomic mass is 15.4. The van der Waals surface area contributed by atoms with E-state index in [1.54, 1.807) is 0 Å². The van der Waals surface area contributed by atoms with Crippen molar-refractivity contribution < 1.29 is 0 Å². The Morgan fingerprint density at radius 1 is 1.06 bits per heavy atom. The van der Waals surface area contributed by atoms with Crippen molar-refractivity contribution in [2.45, 2.75) is 38.9 Å². The topological polar surface area (TPSA) is 110 Å². The molecule has 2 unspecified atom stereocenters. The number of aryl methyl sites for hydroxylation is 2. The molecule has 6 heterocycles. The molecule has 180 valence electrons. The predicted molar refractivity (Wildman–Crippen MR) is 138 cm³/mol. The van der Waals surface area contributed by atoms with Crippen molar-refractivity contribution in [1.82, 2.24) is 30.0 Å². The van der Waals surface area contributed by atoms with E-state index in [0.29, 0.717) is 23.7 Å². The van der Waals surface area contributed by atoms with Gasteiger partial charge in [0.2, 0.25) is 0 Å². The second kappa shape index (κ2) is 9.06. The molecule has 0 amide bonds. The molecule has 3 aliphatic rings. The van der Waals surface area contributed by atoms with Gasteiger partial charge in [0, 0.05) is 67.0 Å². The number of hydrogen-bond acceptors (Lipinski definition) is 8. The molecule has 0 aliphatic carbocycles. The lowest BCUT2D eigenvalue weighted by atomic mass is 9.86. The Hall–Kier alpha value is -4.29. The van der Waals surface area contributed by atoms with E-state index in [2.05, 4.69) is 53.5 Å². The highest BCUT2D eigenvalue weighted by molar-refractivity contribution is 5.61. The standard InChI is InChI=1S/C27H27N9/c1-17-8-24(31-25-9-18(2)33-34-25)32-27(30-17)21-6-7-26(29-13-21)35-15-22-11-23(16-35)36(22)14-20-5-3-4-19(10-20)12-28/h3-10,13,22-23H,11,14-16H2,1-2H3,(H2,30,31,32,33,34). The molecule has 3 aromatic heterocycles. The van der Waals surface area contributed by atoms with Crippen molar-refractivity contribution in [2.24, 2.45) is 0 Å². The summed E-state index contributed by atoms with van der Waals surface area (Å²) < 4.78 is 0. The molecule has 0 spiro atoms. The number of rotatable bonds is 6. The first-order chi connectivity index (χ1) is 17.5. The van der Waals surface area contributed by atoms with Gasteiger partial charge in [-0.1, -0.05) is 12.1 Å². The van der Waals surface area contributed by atoms with Crippen LogP contribution in [0.1, 0.15) is 28.9 Å². The Bertz CT molecular complexity index is 1420. The van der Waals surface area contributed by atoms with Gasteiger partial charge in [-0.15, -0.1) is 0 Å². The van der Waals surface area contributed by atoms with Gasteiger partial charge in [-0.3, -0.25) is 10.00 Å². The zero-order valence-electron chi connectivity index (χ0n) is 20.3. The van der Waals surface area contributed by atoms with Crippen LogP contribution in [0.2, 0.25) is 0 Å². The van der Waals surface area contributed by atoms with Crippen LogP contribution in [0.25, 0.3) is 11.4 Å². The van der Waals surface area contributed by atoms with E-state index in [4.69, 9.17) is 4.98 Å². The number of hydrogen-bond donors (Lipinski definition) is 2. The fourth-order valence-electron chi connectivity index (χ4n) is 5.16. The Balaban J connectivity index is 1.13. The highest BCUT2D eigenvalue weighted by Crippen LogP contribution is 2.35. The Morgan fingerprint density at radius 2 is 1.92 bits per heavy atom. The van der Waals surface area contributed by atoms with E-state index in [1.807, 2.05) is 56.4 Å². The van der Waals surface area contributed by atoms with Gasteiger partial charge >= 0.3 is 0 Å². The minimum absolute atomic E-state index is 0.510. The van der Waals surface area contributed by atoms with Crippen molar-refractivity contribution in [1.29, 1.82) is 5.26 Å². The van der Waals surface area contributed by atoms with Crippen LogP contribution in [0, 0.1) is 25.2 Å². The molecule has 9 heteroatoms. The maximum Gasteiger partial charge on any atom is 0.163 e. The molecule has 2 atom stereocenters. The molecule has 3 saturated heterocycles. The van der Waals surface area contributed by atoms with Gasteiger partial charge in [-0.2, -0.15) is 10.4 Å². The summed E-state index contributed by atoms with van der Waals surface area (Å²) in [7, 11) is 0. The van der Waals surface area contributed by atoms with Crippen molar-refractivity contribution in [3.8, 4) is 17.5 Å². The van der Waals surface area contributed by atoms with Crippen LogP contribution < -0.4 is 10.2 Å². The van der Waals surface area contributed by atoms with Crippen molar-refractivity contribution in [3.05, 3.63) is 77.2 Å². The van der Waals surface area contributed by atoms with Crippen LogP contribution in [0.15, 0.2) is 54.7 Å². The average Bonchev–Trinajstić information content (AvgIpc) is 3.31. The molecular formula is C27H27N9. The van der Waals surface area contributed by atoms with E-state index in [9.17, 15) is 5.26 Å². The Labute approximate surface area is 209 Å². The van der Waals surface area contributed by atoms with E-state index >= 15 is 0 Å². The largest absolute Gasteiger partial charge is 0.353 e. The number of pyridine rings is 1. The number of aromatic nitrogens is 5. The SMILES string of the molecule is Cc1cc(Nc2cc(C)[nH]n2)nc(-c2ccc(N3CC4CC(C3)N4Cc3cccc(C#N)c3)nc2)n1. The van der Waals surface area contributed by atoms with Gasteiger partial charge in [0.25, 0.3) is 0 Å². The number of piperazine rings is 1. The highest BCUT2D eigenvalue weighted by Gasteiger charge is 2.44. The Morgan fingerprint density at radius 3 is 2.64 bits per heavy atom. The van der Waals surface area contributed by atoms with Crippen LogP contribution >= 0.6 is 0 Å². The number of piperidine rings is 1. The van der Waals surface area contributed by atoms with Crippen LogP contribution in [0.3, 0.4) is 0 Å². The zero-order valence-corrected chi connectivity index (χ0v) is 20.3. The lowest BCUT2D eigenvalue weighted by Crippen LogP contribution is -2.68. The number of nitrogens with zero attached hydrogens (tertiary/aromatic N) is 7. The maximum absolute atomic E-state index is 9.18. The third kappa shape index (κ3) is 4.39. The third-order valence-electron chi connectivity index (χ3n) is 6.91. The summed E-state index contributed by atoms with van der Waals surface area (Å²) in [4.78, 5) is 19.0. The normalized spacial score (nSPS) is 19.0. The first kappa shape index (κ1) is 22.2. The molecule has 4 aromatic rings. The molecule has 36 heavy (non-hydrogen) atoms. The lowest BCUT2D eigenvalue weighted by Gasteiger charge is -2.56. The number of fused-ring (bicyclic) bond motifs is 2. The summed E-state index contributed by atoms with van der Waals surface area (Å²) >= 11 is 0. The summed E-state index contributed by atoms with van der Waals surface area (Å²) in [6.07, 6.45) is 3.08. The average molecular weight is 478 g/mol. The zero-order chi connectivity index (χ0) is 24.6. The minimum Gasteiger partial charge on any atom is -0.353 e. The molecule has 0 radical (unpaired) electrons. The molecule has 7 rings (SSSR count).